The average Bonchev–Trinajstić information content (AvgIpc) is 3.18. The van der Waals surface area contributed by atoms with E-state index in [0.29, 0.717) is 30.5 Å². The van der Waals surface area contributed by atoms with Crippen LogP contribution in [0.1, 0.15) is 18.4 Å². The molecule has 0 saturated heterocycles. The molecule has 2 N–H and O–H groups in total. The lowest BCUT2D eigenvalue weighted by Gasteiger charge is -2.14. The molecule has 0 spiro atoms. The van der Waals surface area contributed by atoms with Crippen LogP contribution in [0.3, 0.4) is 0 Å². The predicted molar refractivity (Wildman–Crippen MR) is 124 cm³/mol. The van der Waals surface area contributed by atoms with Crippen molar-refractivity contribution in [1.29, 1.82) is 0 Å². The van der Waals surface area contributed by atoms with Gasteiger partial charge in [-0.25, -0.2) is 4.39 Å². The number of nitrogens with two attached hydrogens (primary N) is 1. The van der Waals surface area contributed by atoms with E-state index in [9.17, 15) is 4.39 Å². The summed E-state index contributed by atoms with van der Waals surface area (Å²) in [7, 11) is 3.30. The Morgan fingerprint density at radius 2 is 1.94 bits per heavy atom. The third kappa shape index (κ3) is 6.40. The molecule has 3 aromatic rings. The number of benzene rings is 2. The first-order valence-corrected chi connectivity index (χ1v) is 11.3. The van der Waals surface area contributed by atoms with Crippen LogP contribution in [0.4, 0.5) is 4.39 Å². The average molecular weight is 464 g/mol. The van der Waals surface area contributed by atoms with Gasteiger partial charge < -0.3 is 19.8 Å². The van der Waals surface area contributed by atoms with Crippen LogP contribution >= 0.6 is 22.9 Å². The number of aromatic nitrogens is 1. The fourth-order valence-corrected chi connectivity index (χ4v) is 4.33. The molecular weight excluding hydrogens is 437 g/mol. The lowest BCUT2D eigenvalue weighted by atomic mass is 10.1. The minimum Gasteiger partial charge on any atom is -0.496 e. The Hall–Kier alpha value is -2.19. The number of methoxy groups -OCH3 is 2. The molecule has 1 heterocycles. The zero-order valence-corrected chi connectivity index (χ0v) is 19.3. The van der Waals surface area contributed by atoms with Crippen LogP contribution in [-0.2, 0) is 17.8 Å². The summed E-state index contributed by atoms with van der Waals surface area (Å²) >= 11 is 7.62. The fraction of sp³-hybridized carbons (Fsp3) is 0.348. The second-order valence-electron chi connectivity index (χ2n) is 7.16. The first-order valence-electron chi connectivity index (χ1n) is 10.0. The maximum atomic E-state index is 13.4. The van der Waals surface area contributed by atoms with Gasteiger partial charge in [-0.3, -0.25) is 4.99 Å². The molecule has 8 heteroatoms. The number of rotatable bonds is 10. The number of hydrogen-bond acceptors (Lipinski definition) is 5. The summed E-state index contributed by atoms with van der Waals surface area (Å²) in [6, 6.07) is 12.1. The smallest absolute Gasteiger partial charge is 0.185 e. The summed E-state index contributed by atoms with van der Waals surface area (Å²) in [6.45, 7) is 1.80. The van der Waals surface area contributed by atoms with Crippen LogP contribution in [0.25, 0.3) is 11.3 Å². The number of ether oxygens (including phenoxy) is 2. The number of thiazole rings is 1. The molecule has 3 rings (SSSR count). The zero-order valence-electron chi connectivity index (χ0n) is 17.7. The van der Waals surface area contributed by atoms with E-state index in [4.69, 9.17) is 31.8 Å². The van der Waals surface area contributed by atoms with E-state index in [1.807, 2.05) is 17.5 Å². The first-order chi connectivity index (χ1) is 15.0. The Bertz CT molecular complexity index is 1050. The van der Waals surface area contributed by atoms with Gasteiger partial charge in [-0.1, -0.05) is 17.7 Å². The predicted octanol–water partition coefficient (Wildman–Crippen LogP) is 4.87. The molecular formula is C23H27ClFN3O2S. The van der Waals surface area contributed by atoms with Crippen molar-refractivity contribution in [2.45, 2.75) is 32.0 Å². The Morgan fingerprint density at radius 1 is 1.16 bits per heavy atom. The minimum atomic E-state index is -0.258. The first kappa shape index (κ1) is 23.5. The second-order valence-corrected chi connectivity index (χ2v) is 8.44. The Kier molecular flexibility index (Phi) is 8.66. The van der Waals surface area contributed by atoms with Gasteiger partial charge in [-0.2, -0.15) is 0 Å². The van der Waals surface area contributed by atoms with Crippen LogP contribution in [-0.4, -0.2) is 31.4 Å². The van der Waals surface area contributed by atoms with Crippen molar-refractivity contribution in [3.05, 3.63) is 69.0 Å². The highest BCUT2D eigenvalue weighted by Gasteiger charge is 2.11. The van der Waals surface area contributed by atoms with Crippen molar-refractivity contribution in [1.82, 2.24) is 4.57 Å². The lowest BCUT2D eigenvalue weighted by molar-refractivity contribution is 0.186. The van der Waals surface area contributed by atoms with Gasteiger partial charge >= 0.3 is 0 Å². The molecule has 1 atom stereocenters. The van der Waals surface area contributed by atoms with Crippen molar-refractivity contribution in [3.63, 3.8) is 0 Å². The molecule has 1 unspecified atom stereocenters. The molecule has 0 amide bonds. The molecule has 166 valence electrons. The van der Waals surface area contributed by atoms with E-state index in [1.165, 1.54) is 12.1 Å². The van der Waals surface area contributed by atoms with E-state index in [-0.39, 0.29) is 11.9 Å². The lowest BCUT2D eigenvalue weighted by Crippen LogP contribution is -2.26. The number of hydrogen-bond donors (Lipinski definition) is 1. The largest absolute Gasteiger partial charge is 0.496 e. The van der Waals surface area contributed by atoms with E-state index < -0.39 is 0 Å². The van der Waals surface area contributed by atoms with Gasteiger partial charge in [0.2, 0.25) is 0 Å². The summed E-state index contributed by atoms with van der Waals surface area (Å²) in [5, 5.41) is 2.67. The quantitative estimate of drug-likeness (QED) is 0.466. The van der Waals surface area contributed by atoms with E-state index >= 15 is 0 Å². The molecule has 2 aromatic carbocycles. The van der Waals surface area contributed by atoms with Gasteiger partial charge in [-0.15, -0.1) is 11.3 Å². The molecule has 0 aliphatic heterocycles. The Morgan fingerprint density at radius 3 is 2.65 bits per heavy atom. The zero-order chi connectivity index (χ0) is 22.2. The molecule has 1 aromatic heterocycles. The normalized spacial score (nSPS) is 12.9. The van der Waals surface area contributed by atoms with Gasteiger partial charge in [0.05, 0.1) is 19.3 Å². The van der Waals surface area contributed by atoms with Gasteiger partial charge in [0.15, 0.2) is 4.80 Å². The molecule has 0 bridgehead atoms. The molecule has 0 aliphatic rings. The molecule has 0 aliphatic carbocycles. The number of nitrogens with zero attached hydrogens (tertiary/aromatic N) is 2. The molecule has 0 fully saturated rings. The molecule has 31 heavy (non-hydrogen) atoms. The van der Waals surface area contributed by atoms with Crippen molar-refractivity contribution >= 4 is 22.9 Å². The van der Waals surface area contributed by atoms with Gasteiger partial charge in [-0.05, 0) is 54.8 Å². The fourth-order valence-electron chi connectivity index (χ4n) is 3.23. The second kappa shape index (κ2) is 11.4. The molecule has 0 radical (unpaired) electrons. The Balaban J connectivity index is 1.91. The van der Waals surface area contributed by atoms with E-state index in [1.54, 1.807) is 43.8 Å². The number of halogens is 2. The van der Waals surface area contributed by atoms with Crippen LogP contribution in [0.2, 0.25) is 5.02 Å². The summed E-state index contributed by atoms with van der Waals surface area (Å²) < 4.78 is 26.1. The monoisotopic (exact) mass is 463 g/mol. The van der Waals surface area contributed by atoms with Crippen molar-refractivity contribution in [3.8, 4) is 17.0 Å². The third-order valence-corrected chi connectivity index (χ3v) is 6.12. The van der Waals surface area contributed by atoms with Gasteiger partial charge in [0, 0.05) is 42.3 Å². The van der Waals surface area contributed by atoms with Gasteiger partial charge in [0.1, 0.15) is 11.6 Å². The summed E-state index contributed by atoms with van der Waals surface area (Å²) in [6.07, 6.45) is 1.58. The highest BCUT2D eigenvalue weighted by molar-refractivity contribution is 7.07. The maximum Gasteiger partial charge on any atom is 0.185 e. The van der Waals surface area contributed by atoms with E-state index in [0.717, 1.165) is 34.5 Å². The molecule has 5 nitrogen and oxygen atoms in total. The SMILES string of the molecule is COCCC(N)CCn1c(-c2ccc(F)cc2)csc1=NCc1ccc(Cl)cc1OC. The third-order valence-electron chi connectivity index (χ3n) is 4.99. The van der Waals surface area contributed by atoms with Crippen molar-refractivity contribution in [2.24, 2.45) is 10.7 Å². The van der Waals surface area contributed by atoms with Crippen LogP contribution in [0.15, 0.2) is 52.8 Å². The standard InChI is InChI=1S/C23H27ClFN3O2S/c1-29-12-10-20(26)9-11-28-21(16-4-7-19(25)8-5-16)15-31-23(28)27-14-17-3-6-18(24)13-22(17)30-2/h3-8,13,15,20H,9-12,14,26H2,1-2H3. The maximum absolute atomic E-state index is 13.4. The highest BCUT2D eigenvalue weighted by atomic mass is 35.5. The topological polar surface area (TPSA) is 61.8 Å². The summed E-state index contributed by atoms with van der Waals surface area (Å²) in [4.78, 5) is 5.71. The van der Waals surface area contributed by atoms with Crippen LogP contribution < -0.4 is 15.3 Å². The highest BCUT2D eigenvalue weighted by Crippen LogP contribution is 2.24. The van der Waals surface area contributed by atoms with Gasteiger partial charge in [0.25, 0.3) is 0 Å². The van der Waals surface area contributed by atoms with Crippen LogP contribution in [0, 0.1) is 5.82 Å². The summed E-state index contributed by atoms with van der Waals surface area (Å²) in [5.41, 5.74) is 9.13. The van der Waals surface area contributed by atoms with Crippen molar-refractivity contribution in [2.75, 3.05) is 20.8 Å². The minimum absolute atomic E-state index is 0.0256. The summed E-state index contributed by atoms with van der Waals surface area (Å²) in [5.74, 6) is 0.451. The van der Waals surface area contributed by atoms with Crippen molar-refractivity contribution < 1.29 is 13.9 Å². The van der Waals surface area contributed by atoms with Crippen LogP contribution in [0.5, 0.6) is 5.75 Å². The van der Waals surface area contributed by atoms with E-state index in [2.05, 4.69) is 4.57 Å². The Labute approximate surface area is 190 Å². The molecule has 0 saturated carbocycles.